The number of anilines is 2. The van der Waals surface area contributed by atoms with Crippen LogP contribution in [0, 0.1) is 12.7 Å². The lowest BCUT2D eigenvalue weighted by molar-refractivity contribution is -0.138. The zero-order valence-electron chi connectivity index (χ0n) is 19.1. The van der Waals surface area contributed by atoms with Crippen LogP contribution in [-0.2, 0) is 9.47 Å². The minimum atomic E-state index is -0.602. The summed E-state index contributed by atoms with van der Waals surface area (Å²) in [5.41, 5.74) is 1.91. The van der Waals surface area contributed by atoms with E-state index < -0.39 is 17.5 Å². The van der Waals surface area contributed by atoms with Crippen molar-refractivity contribution in [2.45, 2.75) is 52.9 Å². The molecule has 7 nitrogen and oxygen atoms in total. The number of carbonyl (C=O) groups excluding carboxylic acids is 1. The molecule has 1 amide bonds. The minimum absolute atomic E-state index is 0. The van der Waals surface area contributed by atoms with E-state index in [1.807, 2.05) is 34.6 Å². The molecule has 0 saturated carbocycles. The quantitative estimate of drug-likeness (QED) is 0.496. The van der Waals surface area contributed by atoms with Gasteiger partial charge in [0.25, 0.3) is 5.91 Å². The van der Waals surface area contributed by atoms with Crippen LogP contribution >= 0.6 is 0 Å². The summed E-state index contributed by atoms with van der Waals surface area (Å²) < 4.78 is 31.4. The van der Waals surface area contributed by atoms with E-state index in [9.17, 15) is 9.18 Å². The number of hydrogen-bond acceptors (Lipinski definition) is 6. The van der Waals surface area contributed by atoms with Gasteiger partial charge in [-0.3, -0.25) is 9.78 Å². The molecule has 0 radical (unpaired) electrons. The molecule has 1 aliphatic rings. The number of amides is 1. The fourth-order valence-electron chi connectivity index (χ4n) is 3.41. The molecule has 0 aliphatic carbocycles. The molecule has 1 aliphatic heterocycles. The molecule has 1 fully saturated rings. The summed E-state index contributed by atoms with van der Waals surface area (Å²) in [5, 5.41) is 6.44. The van der Waals surface area contributed by atoms with Crippen molar-refractivity contribution in [1.82, 2.24) is 10.3 Å². The fraction of sp³-hybridized carbons (Fsp3) is 0.417. The molecule has 1 aromatic carbocycles. The number of nitrogens with zero attached hydrogens (tertiary/aromatic N) is 1. The third-order valence-corrected chi connectivity index (χ3v) is 4.90. The Labute approximate surface area is 190 Å². The van der Waals surface area contributed by atoms with E-state index in [-0.39, 0.29) is 20.4 Å². The summed E-state index contributed by atoms with van der Waals surface area (Å²) in [6.07, 6.45) is 3.67. The number of fused-ring (bicyclic) bond motifs is 1. The lowest BCUT2D eigenvalue weighted by atomic mass is 10.2. The summed E-state index contributed by atoms with van der Waals surface area (Å²) in [4.78, 5) is 16.9. The maximum atomic E-state index is 14.4. The third kappa shape index (κ3) is 5.44. The monoisotopic (exact) mass is 447 g/mol. The van der Waals surface area contributed by atoms with Crippen molar-refractivity contribution >= 4 is 28.3 Å². The average Bonchev–Trinajstić information content (AvgIpc) is 3.31. The maximum Gasteiger partial charge on any atom is 0.289 e. The standard InChI is InChI=1S/C22H24FN3O4.C2H6.2H2/c1-13-4-5-17(16(23)10-13)26-19-15-11-24-8-7-18(15)29-20(19)21(27)25-9-6-14-12-28-22(2,3)30-14;1-2;;/h4-5,7-8,10-11,14,26H,6,9,12H2,1-3H3,(H,25,27);1-2H3;2*1H/t14-;;;/m0.../s1. The molecule has 32 heavy (non-hydrogen) atoms. The molecule has 3 heterocycles. The van der Waals surface area contributed by atoms with E-state index in [2.05, 4.69) is 15.6 Å². The van der Waals surface area contributed by atoms with E-state index in [1.165, 1.54) is 6.07 Å². The van der Waals surface area contributed by atoms with Crippen LogP contribution in [0.2, 0.25) is 0 Å². The number of hydrogen-bond donors (Lipinski definition) is 2. The first-order valence-corrected chi connectivity index (χ1v) is 10.8. The van der Waals surface area contributed by atoms with Crippen molar-refractivity contribution in [3.8, 4) is 0 Å². The van der Waals surface area contributed by atoms with Crippen molar-refractivity contribution in [1.29, 1.82) is 0 Å². The van der Waals surface area contributed by atoms with Crippen LogP contribution in [0.5, 0.6) is 0 Å². The van der Waals surface area contributed by atoms with Crippen LogP contribution in [-0.4, -0.2) is 35.9 Å². The van der Waals surface area contributed by atoms with Crippen molar-refractivity contribution in [2.24, 2.45) is 0 Å². The Morgan fingerprint density at radius 2 is 2.09 bits per heavy atom. The molecule has 8 heteroatoms. The van der Waals surface area contributed by atoms with Crippen molar-refractivity contribution in [2.75, 3.05) is 18.5 Å². The molecule has 2 N–H and O–H groups in total. The number of ether oxygens (including phenoxy) is 2. The first-order valence-electron chi connectivity index (χ1n) is 10.8. The molecule has 2 aromatic heterocycles. The largest absolute Gasteiger partial charge is 0.448 e. The number of halogens is 1. The van der Waals surface area contributed by atoms with Gasteiger partial charge in [0.1, 0.15) is 17.1 Å². The second-order valence-electron chi connectivity index (χ2n) is 7.78. The lowest BCUT2D eigenvalue weighted by Gasteiger charge is -2.17. The Bertz CT molecular complexity index is 1090. The Kier molecular flexibility index (Phi) is 7.48. The third-order valence-electron chi connectivity index (χ3n) is 4.90. The van der Waals surface area contributed by atoms with Gasteiger partial charge in [0.05, 0.1) is 23.8 Å². The molecule has 4 rings (SSSR count). The zero-order valence-corrected chi connectivity index (χ0v) is 19.1. The van der Waals surface area contributed by atoms with Crippen LogP contribution in [0.15, 0.2) is 41.1 Å². The molecule has 0 spiro atoms. The zero-order chi connectivity index (χ0) is 23.3. The molecular weight excluding hydrogens is 413 g/mol. The van der Waals surface area contributed by atoms with Gasteiger partial charge >= 0.3 is 0 Å². The van der Waals surface area contributed by atoms with E-state index >= 15 is 0 Å². The van der Waals surface area contributed by atoms with Gasteiger partial charge in [0.2, 0.25) is 5.76 Å². The number of benzene rings is 1. The topological polar surface area (TPSA) is 85.6 Å². The average molecular weight is 448 g/mol. The molecule has 0 unspecified atom stereocenters. The number of furan rings is 1. The number of aromatic nitrogens is 1. The first kappa shape index (κ1) is 23.7. The fourth-order valence-corrected chi connectivity index (χ4v) is 3.41. The van der Waals surface area contributed by atoms with Crippen molar-refractivity contribution in [3.05, 3.63) is 53.8 Å². The summed E-state index contributed by atoms with van der Waals surface area (Å²) in [6.45, 7) is 10.4. The van der Waals surface area contributed by atoms with Gasteiger partial charge < -0.3 is 24.5 Å². The predicted molar refractivity (Wildman–Crippen MR) is 126 cm³/mol. The summed E-state index contributed by atoms with van der Waals surface area (Å²) >= 11 is 0. The van der Waals surface area contributed by atoms with Gasteiger partial charge in [-0.1, -0.05) is 19.9 Å². The Hall–Kier alpha value is -2.97. The van der Waals surface area contributed by atoms with Gasteiger partial charge in [0, 0.05) is 21.8 Å². The van der Waals surface area contributed by atoms with Crippen molar-refractivity contribution < 1.29 is 25.9 Å². The number of rotatable bonds is 6. The van der Waals surface area contributed by atoms with E-state index in [0.717, 1.165) is 5.56 Å². The molecular formula is C24H34FN3O4. The first-order chi connectivity index (χ1) is 15.3. The number of pyridine rings is 1. The molecule has 0 bridgehead atoms. The highest BCUT2D eigenvalue weighted by atomic mass is 19.1. The van der Waals surface area contributed by atoms with Crippen LogP contribution < -0.4 is 10.6 Å². The van der Waals surface area contributed by atoms with E-state index in [4.69, 9.17) is 13.9 Å². The highest BCUT2D eigenvalue weighted by Gasteiger charge is 2.32. The van der Waals surface area contributed by atoms with Crippen LogP contribution in [0.25, 0.3) is 11.0 Å². The minimum Gasteiger partial charge on any atom is -0.448 e. The summed E-state index contributed by atoms with van der Waals surface area (Å²) in [5.74, 6) is -1.35. The maximum absolute atomic E-state index is 14.4. The number of carbonyl (C=O) groups is 1. The second-order valence-corrected chi connectivity index (χ2v) is 7.78. The molecule has 176 valence electrons. The summed E-state index contributed by atoms with van der Waals surface area (Å²) in [6, 6.07) is 6.50. The highest BCUT2D eigenvalue weighted by Crippen LogP contribution is 2.33. The van der Waals surface area contributed by atoms with E-state index in [0.29, 0.717) is 36.2 Å². The Morgan fingerprint density at radius 1 is 1.31 bits per heavy atom. The van der Waals surface area contributed by atoms with Crippen LogP contribution in [0.4, 0.5) is 15.8 Å². The highest BCUT2D eigenvalue weighted by molar-refractivity contribution is 6.07. The second kappa shape index (κ2) is 10.1. The normalized spacial score (nSPS) is 17.0. The molecule has 1 atom stereocenters. The summed E-state index contributed by atoms with van der Waals surface area (Å²) in [7, 11) is 0. The number of nitrogens with one attached hydrogen (secondary N) is 2. The molecule has 3 aromatic rings. The van der Waals surface area contributed by atoms with Crippen LogP contribution in [0.1, 0.15) is 53.1 Å². The predicted octanol–water partition coefficient (Wildman–Crippen LogP) is 5.81. The Morgan fingerprint density at radius 3 is 2.78 bits per heavy atom. The molecule has 1 saturated heterocycles. The van der Waals surface area contributed by atoms with Crippen LogP contribution in [0.3, 0.4) is 0 Å². The lowest BCUT2D eigenvalue weighted by Crippen LogP contribution is -2.29. The van der Waals surface area contributed by atoms with E-state index in [1.54, 1.807) is 30.6 Å². The van der Waals surface area contributed by atoms with Gasteiger partial charge in [0.15, 0.2) is 5.79 Å². The SMILES string of the molecule is CC.Cc1ccc(Nc2c(C(=O)NCC[C@H]3COC(C)(C)O3)oc3ccncc23)c(F)c1.[HH].[HH]. The van der Waals surface area contributed by atoms with Gasteiger partial charge in [-0.25, -0.2) is 4.39 Å². The van der Waals surface area contributed by atoms with Gasteiger partial charge in [-0.05, 0) is 51.0 Å². The Balaban J connectivity index is 0.00000141. The van der Waals surface area contributed by atoms with Crippen molar-refractivity contribution in [3.63, 3.8) is 0 Å². The number of aryl methyl sites for hydroxylation is 1. The smallest absolute Gasteiger partial charge is 0.289 e. The van der Waals surface area contributed by atoms with Gasteiger partial charge in [-0.15, -0.1) is 0 Å². The van der Waals surface area contributed by atoms with Gasteiger partial charge in [-0.2, -0.15) is 0 Å².